The summed E-state index contributed by atoms with van der Waals surface area (Å²) in [6.07, 6.45) is 0.872. The van der Waals surface area contributed by atoms with Crippen LogP contribution in [-0.2, 0) is 6.42 Å². The van der Waals surface area contributed by atoms with Gasteiger partial charge in [-0.15, -0.1) is 0 Å². The van der Waals surface area contributed by atoms with Crippen molar-refractivity contribution < 1.29 is 4.74 Å². The van der Waals surface area contributed by atoms with E-state index in [-0.39, 0.29) is 0 Å². The summed E-state index contributed by atoms with van der Waals surface area (Å²) in [4.78, 5) is 0.335. The van der Waals surface area contributed by atoms with Crippen molar-refractivity contribution in [1.29, 1.82) is 0 Å². The summed E-state index contributed by atoms with van der Waals surface area (Å²) in [5.41, 5.74) is 8.59. The molecule has 0 saturated carbocycles. The molecule has 0 aliphatic rings. The summed E-state index contributed by atoms with van der Waals surface area (Å²) in [5, 5.41) is 3.96. The number of nitrogens with two attached hydrogens (primary N) is 1. The molecule has 3 nitrogen and oxygen atoms in total. The quantitative estimate of drug-likeness (QED) is 0.798. The molecule has 0 saturated heterocycles. The number of thiocarbonyl (C=S) groups is 1. The van der Waals surface area contributed by atoms with Crippen molar-refractivity contribution in [3.05, 3.63) is 58.6 Å². The second-order valence-corrected chi connectivity index (χ2v) is 5.46. The molecule has 0 aliphatic carbocycles. The van der Waals surface area contributed by atoms with Crippen molar-refractivity contribution in [3.63, 3.8) is 0 Å². The third-order valence-electron chi connectivity index (χ3n) is 3.11. The number of hydrogen-bond acceptors (Lipinski definition) is 3. The fourth-order valence-electron chi connectivity index (χ4n) is 2.04. The molecule has 0 fully saturated rings. The van der Waals surface area contributed by atoms with E-state index in [1.807, 2.05) is 30.3 Å². The zero-order chi connectivity index (χ0) is 15.2. The number of rotatable bonds is 6. The van der Waals surface area contributed by atoms with Crippen LogP contribution in [0.1, 0.15) is 11.1 Å². The molecule has 0 amide bonds. The lowest BCUT2D eigenvalue weighted by Gasteiger charge is -2.12. The third kappa shape index (κ3) is 4.34. The van der Waals surface area contributed by atoms with E-state index in [2.05, 4.69) is 11.4 Å². The Balaban J connectivity index is 2.01. The monoisotopic (exact) mass is 320 g/mol. The number of ether oxygens (including phenoxy) is 1. The molecule has 0 unspecified atom stereocenters. The summed E-state index contributed by atoms with van der Waals surface area (Å²) in [7, 11) is 1.67. The van der Waals surface area contributed by atoms with E-state index >= 15 is 0 Å². The Labute approximate surface area is 135 Å². The molecule has 5 heteroatoms. The van der Waals surface area contributed by atoms with Gasteiger partial charge in [0.1, 0.15) is 10.7 Å². The van der Waals surface area contributed by atoms with Gasteiger partial charge >= 0.3 is 0 Å². The molecule has 0 heterocycles. The van der Waals surface area contributed by atoms with Gasteiger partial charge in [-0.3, -0.25) is 0 Å². The molecular formula is C16H17ClN2OS. The Morgan fingerprint density at radius 3 is 2.81 bits per heavy atom. The molecule has 0 aromatic heterocycles. The number of anilines is 1. The fourth-order valence-corrected chi connectivity index (χ4v) is 2.38. The highest BCUT2D eigenvalue weighted by Gasteiger charge is 2.06. The molecular weight excluding hydrogens is 304 g/mol. The molecule has 2 aromatic rings. The lowest BCUT2D eigenvalue weighted by atomic mass is 10.1. The van der Waals surface area contributed by atoms with Crippen LogP contribution in [0, 0.1) is 0 Å². The van der Waals surface area contributed by atoms with Gasteiger partial charge in [-0.1, -0.05) is 36.0 Å². The lowest BCUT2D eigenvalue weighted by molar-refractivity contribution is 0.414. The summed E-state index contributed by atoms with van der Waals surface area (Å²) in [6.45, 7) is 0.768. The molecule has 0 bridgehead atoms. The van der Waals surface area contributed by atoms with Crippen LogP contribution < -0.4 is 15.8 Å². The summed E-state index contributed by atoms with van der Waals surface area (Å²) >= 11 is 11.0. The van der Waals surface area contributed by atoms with Crippen LogP contribution in [0.4, 0.5) is 5.69 Å². The Morgan fingerprint density at radius 1 is 1.29 bits per heavy atom. The summed E-state index contributed by atoms with van der Waals surface area (Å²) < 4.78 is 5.21. The van der Waals surface area contributed by atoms with Crippen molar-refractivity contribution in [1.82, 2.24) is 0 Å². The van der Waals surface area contributed by atoms with E-state index in [1.54, 1.807) is 13.2 Å². The highest BCUT2D eigenvalue weighted by molar-refractivity contribution is 7.80. The van der Waals surface area contributed by atoms with Crippen LogP contribution in [0.25, 0.3) is 0 Å². The van der Waals surface area contributed by atoms with Gasteiger partial charge in [-0.25, -0.2) is 0 Å². The molecule has 2 aromatic carbocycles. The van der Waals surface area contributed by atoms with Crippen molar-refractivity contribution in [3.8, 4) is 5.75 Å². The first-order chi connectivity index (χ1) is 10.1. The minimum Gasteiger partial charge on any atom is -0.497 e. The molecule has 2 rings (SSSR count). The highest BCUT2D eigenvalue weighted by Crippen LogP contribution is 2.21. The van der Waals surface area contributed by atoms with Crippen LogP contribution in [-0.4, -0.2) is 18.6 Å². The maximum Gasteiger partial charge on any atom is 0.119 e. The lowest BCUT2D eigenvalue weighted by Crippen LogP contribution is -2.14. The Hall–Kier alpha value is -1.78. The average molecular weight is 321 g/mol. The minimum atomic E-state index is 0.335. The van der Waals surface area contributed by atoms with Crippen molar-refractivity contribution in [2.75, 3.05) is 19.0 Å². The van der Waals surface area contributed by atoms with Crippen LogP contribution >= 0.6 is 23.8 Å². The zero-order valence-corrected chi connectivity index (χ0v) is 13.3. The second-order valence-electron chi connectivity index (χ2n) is 4.58. The first kappa shape index (κ1) is 15.6. The predicted molar refractivity (Wildman–Crippen MR) is 92.5 cm³/mol. The fraction of sp³-hybridized carbons (Fsp3) is 0.188. The number of methoxy groups -OCH3 is 1. The zero-order valence-electron chi connectivity index (χ0n) is 11.7. The topological polar surface area (TPSA) is 47.3 Å². The van der Waals surface area contributed by atoms with E-state index in [9.17, 15) is 0 Å². The van der Waals surface area contributed by atoms with E-state index in [0.717, 1.165) is 30.0 Å². The van der Waals surface area contributed by atoms with E-state index in [1.165, 1.54) is 5.56 Å². The molecule has 21 heavy (non-hydrogen) atoms. The highest BCUT2D eigenvalue weighted by atomic mass is 35.5. The van der Waals surface area contributed by atoms with Gasteiger partial charge in [-0.05, 0) is 42.3 Å². The van der Waals surface area contributed by atoms with Crippen LogP contribution in [0.2, 0.25) is 5.02 Å². The average Bonchev–Trinajstić information content (AvgIpc) is 2.48. The Bertz CT molecular complexity index is 646. The Morgan fingerprint density at radius 2 is 2.10 bits per heavy atom. The first-order valence-corrected chi connectivity index (χ1v) is 7.35. The molecule has 0 spiro atoms. The van der Waals surface area contributed by atoms with Gasteiger partial charge in [0.25, 0.3) is 0 Å². The minimum absolute atomic E-state index is 0.335. The number of nitrogens with one attached hydrogen (secondary N) is 1. The van der Waals surface area contributed by atoms with Crippen LogP contribution in [0.15, 0.2) is 42.5 Å². The molecule has 0 aliphatic heterocycles. The SMILES string of the molecule is COc1cccc(CCNc2ccc(Cl)cc2C(N)=S)c1. The largest absolute Gasteiger partial charge is 0.497 e. The number of benzene rings is 2. The van der Waals surface area contributed by atoms with Gasteiger partial charge in [0.2, 0.25) is 0 Å². The predicted octanol–water partition coefficient (Wildman–Crippen LogP) is 3.64. The first-order valence-electron chi connectivity index (χ1n) is 6.56. The maximum absolute atomic E-state index is 5.97. The van der Waals surface area contributed by atoms with Gasteiger partial charge in [0.15, 0.2) is 0 Å². The van der Waals surface area contributed by atoms with Gasteiger partial charge in [0, 0.05) is 22.8 Å². The van der Waals surface area contributed by atoms with Crippen molar-refractivity contribution >= 4 is 34.5 Å². The van der Waals surface area contributed by atoms with Crippen LogP contribution in [0.3, 0.4) is 0 Å². The normalized spacial score (nSPS) is 10.2. The smallest absolute Gasteiger partial charge is 0.119 e. The summed E-state index contributed by atoms with van der Waals surface area (Å²) in [5.74, 6) is 0.864. The van der Waals surface area contributed by atoms with E-state index < -0.39 is 0 Å². The molecule has 0 atom stereocenters. The molecule has 0 radical (unpaired) electrons. The number of halogens is 1. The summed E-state index contributed by atoms with van der Waals surface area (Å²) in [6, 6.07) is 13.5. The number of hydrogen-bond donors (Lipinski definition) is 2. The van der Waals surface area contributed by atoms with Crippen LogP contribution in [0.5, 0.6) is 5.75 Å². The van der Waals surface area contributed by atoms with E-state index in [4.69, 9.17) is 34.3 Å². The van der Waals surface area contributed by atoms with E-state index in [0.29, 0.717) is 10.0 Å². The Kier molecular flexibility index (Phi) is 5.42. The van der Waals surface area contributed by atoms with Gasteiger partial charge < -0.3 is 15.8 Å². The maximum atomic E-state index is 5.97. The van der Waals surface area contributed by atoms with Gasteiger partial charge in [0.05, 0.1) is 7.11 Å². The van der Waals surface area contributed by atoms with Crippen molar-refractivity contribution in [2.24, 2.45) is 5.73 Å². The van der Waals surface area contributed by atoms with Crippen molar-refractivity contribution in [2.45, 2.75) is 6.42 Å². The standard InChI is InChI=1S/C16H17ClN2OS/c1-20-13-4-2-3-11(9-13)7-8-19-15-6-5-12(17)10-14(15)16(18)21/h2-6,9-10,19H,7-8H2,1H3,(H2,18,21). The molecule has 110 valence electrons. The third-order valence-corrected chi connectivity index (χ3v) is 3.57. The second kappa shape index (κ2) is 7.29. The molecule has 3 N–H and O–H groups in total. The van der Waals surface area contributed by atoms with Gasteiger partial charge in [-0.2, -0.15) is 0 Å².